The van der Waals surface area contributed by atoms with Crippen LogP contribution < -0.4 is 99.5 Å². The van der Waals surface area contributed by atoms with Crippen LogP contribution in [0.5, 0.6) is 5.75 Å². The zero-order valence-electron chi connectivity index (χ0n) is 18.4. The van der Waals surface area contributed by atoms with Gasteiger partial charge in [0.05, 0.1) is 15.5 Å². The Labute approximate surface area is 266 Å². The number of anilines is 1. The molecule has 3 aromatic carbocycles. The Morgan fingerprint density at radius 1 is 0.800 bits per heavy atom. The summed E-state index contributed by atoms with van der Waals surface area (Å²) in [6.45, 7) is 0. The van der Waals surface area contributed by atoms with E-state index in [1.165, 1.54) is 12.1 Å². The molecule has 3 N–H and O–H groups in total. The van der Waals surface area contributed by atoms with Crippen molar-refractivity contribution < 1.29 is 133 Å². The van der Waals surface area contributed by atoms with Gasteiger partial charge in [0.15, 0.2) is 0 Å². The molecule has 0 spiro atoms. The third-order valence-electron chi connectivity index (χ3n) is 4.11. The van der Waals surface area contributed by atoms with Crippen LogP contribution in [0.3, 0.4) is 0 Å². The van der Waals surface area contributed by atoms with Crippen LogP contribution in [-0.4, -0.2) is 38.9 Å². The van der Waals surface area contributed by atoms with Crippen LogP contribution in [0.4, 0.5) is 17.1 Å². The molecule has 35 heavy (non-hydrogen) atoms. The Morgan fingerprint density at radius 3 is 1.89 bits per heavy atom. The van der Waals surface area contributed by atoms with Crippen LogP contribution in [0.1, 0.15) is 0 Å². The van der Waals surface area contributed by atoms with E-state index >= 15 is 0 Å². The van der Waals surface area contributed by atoms with Gasteiger partial charge in [0.2, 0.25) is 0 Å². The summed E-state index contributed by atoms with van der Waals surface area (Å²) in [5.41, 5.74) is 3.80. The van der Waals surface area contributed by atoms with Crippen molar-refractivity contribution >= 4 is 58.2 Å². The number of rotatable bonds is 5. The topological polar surface area (TPSA) is 243 Å². The first-order valence-electron chi connectivity index (χ1n) is 8.08. The Bertz CT molecular complexity index is 1630. The summed E-state index contributed by atoms with van der Waals surface area (Å²) in [6.07, 6.45) is 0. The average molecular weight is 569 g/mol. The summed E-state index contributed by atoms with van der Waals surface area (Å²) < 4.78 is 101. The number of nitrogens with two attached hydrogens (primary N) is 1. The molecule has 0 aliphatic rings. The van der Waals surface area contributed by atoms with Gasteiger partial charge in [0.25, 0.3) is 10.1 Å². The maximum Gasteiger partial charge on any atom is 1.00 e. The van der Waals surface area contributed by atoms with Gasteiger partial charge < -0.3 is 19.9 Å². The van der Waals surface area contributed by atoms with Gasteiger partial charge >= 0.3 is 88.7 Å². The van der Waals surface area contributed by atoms with Crippen LogP contribution in [0.2, 0.25) is 0 Å². The first kappa shape index (κ1) is 34.9. The third-order valence-corrected chi connectivity index (χ3v) is 6.70. The normalized spacial score (nSPS) is 12.0. The van der Waals surface area contributed by atoms with Gasteiger partial charge in [-0.1, -0.05) is 23.9 Å². The largest absolute Gasteiger partial charge is 1.00 e. The first-order valence-corrected chi connectivity index (χ1v) is 12.3. The van der Waals surface area contributed by atoms with E-state index in [0.29, 0.717) is 18.2 Å². The Hall–Kier alpha value is -0.150. The third kappa shape index (κ3) is 7.92. The summed E-state index contributed by atoms with van der Waals surface area (Å²) in [5, 5.41) is 18.7. The number of azo groups is 1. The molecule has 0 atom stereocenters. The number of fused-ring (bicyclic) bond motifs is 1. The van der Waals surface area contributed by atoms with Crippen molar-refractivity contribution in [1.82, 2.24) is 0 Å². The standard InChI is InChI=1S/C16H13N3O10S3.3Na/c17-15-13(32(27,28)29)6-8-5-9(30(21,22)23)7-11(20)14(8)16(15)19-18-10-3-1-2-4-12(10)31(24,25)26;;;/h1-7,20H,17H2,(H,21,22,23)(H,24,25,26)(H,27,28,29);;;/q;3*+1/p-3. The zero-order valence-corrected chi connectivity index (χ0v) is 26.8. The van der Waals surface area contributed by atoms with Crippen LogP contribution >= 0.6 is 0 Å². The molecule has 0 amide bonds. The average Bonchev–Trinajstić information content (AvgIpc) is 2.64. The van der Waals surface area contributed by atoms with E-state index in [9.17, 15) is 44.0 Å². The quantitative estimate of drug-likeness (QED) is 0.126. The molecule has 3 aromatic rings. The van der Waals surface area contributed by atoms with E-state index in [0.717, 1.165) is 12.1 Å². The summed E-state index contributed by atoms with van der Waals surface area (Å²) in [7, 11) is -15.1. The molecule has 0 unspecified atom stereocenters. The number of nitrogens with zero attached hydrogens (tertiary/aromatic N) is 2. The van der Waals surface area contributed by atoms with Crippen molar-refractivity contribution in [1.29, 1.82) is 0 Å². The van der Waals surface area contributed by atoms with Crippen molar-refractivity contribution in [3.8, 4) is 5.75 Å². The van der Waals surface area contributed by atoms with E-state index in [1.807, 2.05) is 0 Å². The molecule has 13 nitrogen and oxygen atoms in total. The van der Waals surface area contributed by atoms with Crippen LogP contribution in [-0.2, 0) is 30.4 Å². The second kappa shape index (κ2) is 12.6. The smallest absolute Gasteiger partial charge is 0.872 e. The fourth-order valence-electron chi connectivity index (χ4n) is 2.77. The molecule has 0 aromatic heterocycles. The van der Waals surface area contributed by atoms with Gasteiger partial charge in [-0.3, -0.25) is 4.55 Å². The van der Waals surface area contributed by atoms with Gasteiger partial charge in [-0.25, -0.2) is 16.8 Å². The molecule has 0 radical (unpaired) electrons. The molecule has 19 heteroatoms. The minimum atomic E-state index is -5.11. The molecular formula is C16H10N3Na3O10S3. The maximum atomic E-state index is 12.5. The van der Waals surface area contributed by atoms with Crippen LogP contribution in [0.25, 0.3) is 10.8 Å². The van der Waals surface area contributed by atoms with E-state index in [1.54, 1.807) is 0 Å². The van der Waals surface area contributed by atoms with Crippen molar-refractivity contribution in [2.45, 2.75) is 14.7 Å². The van der Waals surface area contributed by atoms with Gasteiger partial charge in [-0.2, -0.15) is 8.42 Å². The van der Waals surface area contributed by atoms with Crippen LogP contribution in [0.15, 0.2) is 67.4 Å². The molecule has 170 valence electrons. The summed E-state index contributed by atoms with van der Waals surface area (Å²) in [5.74, 6) is -1.11. The van der Waals surface area contributed by atoms with Crippen LogP contribution in [0, 0.1) is 0 Å². The van der Waals surface area contributed by atoms with E-state index in [-0.39, 0.29) is 88.7 Å². The van der Waals surface area contributed by atoms with Crippen molar-refractivity contribution in [2.24, 2.45) is 10.2 Å². The molecule has 0 bridgehead atoms. The van der Waals surface area contributed by atoms with Gasteiger partial charge in [0.1, 0.15) is 36.5 Å². The zero-order chi connectivity index (χ0) is 24.1. The summed E-state index contributed by atoms with van der Waals surface area (Å²) in [6, 6.07) is 6.33. The molecule has 3 rings (SSSR count). The fraction of sp³-hybridized carbons (Fsp3) is 0. The Morgan fingerprint density at radius 2 is 1.37 bits per heavy atom. The SMILES string of the molecule is Nc1c(S(=O)(=O)O)cc2cc(S(=O)(=O)[O-])cc([O-])c2c1N=Nc1ccccc1S(=O)(=O)[O-].[Na+].[Na+].[Na+]. The van der Waals surface area contributed by atoms with Crippen molar-refractivity contribution in [3.05, 3.63) is 42.5 Å². The monoisotopic (exact) mass is 569 g/mol. The molecule has 0 saturated heterocycles. The van der Waals surface area contributed by atoms with Crippen molar-refractivity contribution in [2.75, 3.05) is 5.73 Å². The number of hydrogen-bond acceptors (Lipinski definition) is 12. The van der Waals surface area contributed by atoms with E-state index in [4.69, 9.17) is 5.73 Å². The van der Waals surface area contributed by atoms with Crippen molar-refractivity contribution in [3.63, 3.8) is 0 Å². The van der Waals surface area contributed by atoms with Gasteiger partial charge in [0, 0.05) is 5.39 Å². The van der Waals surface area contributed by atoms with Gasteiger partial charge in [-0.15, -0.1) is 10.2 Å². The molecule has 0 aliphatic heterocycles. The Balaban J connectivity index is 0.00000385. The van der Waals surface area contributed by atoms with E-state index < -0.39 is 78.6 Å². The van der Waals surface area contributed by atoms with Gasteiger partial charge in [-0.05, 0) is 29.7 Å². The second-order valence-electron chi connectivity index (χ2n) is 6.21. The molecule has 0 fully saturated rings. The summed E-state index contributed by atoms with van der Waals surface area (Å²) >= 11 is 0. The predicted octanol–water partition coefficient (Wildman–Crippen LogP) is -8.02. The molecule has 0 saturated carbocycles. The number of nitrogen functional groups attached to an aromatic ring is 1. The fourth-order valence-corrected chi connectivity index (χ4v) is 4.55. The molecule has 0 heterocycles. The Kier molecular flexibility index (Phi) is 12.5. The minimum Gasteiger partial charge on any atom is -0.872 e. The minimum absolute atomic E-state index is 0. The maximum absolute atomic E-state index is 12.5. The summed E-state index contributed by atoms with van der Waals surface area (Å²) in [4.78, 5) is -2.74. The number of benzene rings is 3. The molecular weight excluding hydrogens is 559 g/mol. The second-order valence-corrected chi connectivity index (χ2v) is 10.3. The predicted molar refractivity (Wildman–Crippen MR) is 104 cm³/mol. The number of hydrogen-bond donors (Lipinski definition) is 2. The van der Waals surface area contributed by atoms with E-state index in [2.05, 4.69) is 10.2 Å². The molecule has 0 aliphatic carbocycles. The first-order chi connectivity index (χ1) is 14.6.